The molecule has 0 bridgehead atoms. The third-order valence-corrected chi connectivity index (χ3v) is 5.91. The number of hydrogen-bond donors (Lipinski definition) is 0. The lowest BCUT2D eigenvalue weighted by molar-refractivity contribution is 0.0747. The molecule has 1 heterocycles. The smallest absolute Gasteiger partial charge is 0.253 e. The first-order chi connectivity index (χ1) is 11.4. The lowest BCUT2D eigenvalue weighted by atomic mass is 10.1. The Morgan fingerprint density at radius 3 is 2.25 bits per heavy atom. The summed E-state index contributed by atoms with van der Waals surface area (Å²) in [5.74, 6) is 1.39. The van der Waals surface area contributed by atoms with Gasteiger partial charge in [-0.1, -0.05) is 18.2 Å². The van der Waals surface area contributed by atoms with Gasteiger partial charge in [0.25, 0.3) is 5.91 Å². The van der Waals surface area contributed by atoms with E-state index in [1.54, 1.807) is 31.3 Å². The fraction of sp³-hybridized carbons (Fsp3) is 0.278. The zero-order valence-electron chi connectivity index (χ0n) is 13.4. The molecule has 0 radical (unpaired) electrons. The monoisotopic (exact) mass is 345 g/mol. The van der Waals surface area contributed by atoms with Gasteiger partial charge in [0.05, 0.1) is 11.5 Å². The van der Waals surface area contributed by atoms with E-state index in [9.17, 15) is 13.2 Å². The number of amides is 1. The van der Waals surface area contributed by atoms with E-state index in [4.69, 9.17) is 4.74 Å². The molecule has 1 aliphatic heterocycles. The number of rotatable bonds is 4. The Labute approximate surface area is 141 Å². The quantitative estimate of drug-likeness (QED) is 0.855. The molecule has 1 saturated heterocycles. The van der Waals surface area contributed by atoms with E-state index >= 15 is 0 Å². The molecule has 0 N–H and O–H groups in total. The Hall–Kier alpha value is -2.34. The van der Waals surface area contributed by atoms with Crippen LogP contribution in [0.1, 0.15) is 16.8 Å². The largest absolute Gasteiger partial charge is 0.457 e. The van der Waals surface area contributed by atoms with Gasteiger partial charge in [-0.15, -0.1) is 0 Å². The van der Waals surface area contributed by atoms with Crippen LogP contribution in [0.2, 0.25) is 0 Å². The minimum atomic E-state index is -3.01. The summed E-state index contributed by atoms with van der Waals surface area (Å²) in [6.45, 7) is 0. The second kappa shape index (κ2) is 6.65. The number of ether oxygens (including phenoxy) is 1. The van der Waals surface area contributed by atoms with Crippen LogP contribution < -0.4 is 4.74 Å². The molecule has 0 aliphatic carbocycles. The van der Waals surface area contributed by atoms with Gasteiger partial charge in [0, 0.05) is 18.7 Å². The second-order valence-electron chi connectivity index (χ2n) is 5.91. The van der Waals surface area contributed by atoms with Crippen LogP contribution in [-0.4, -0.2) is 43.8 Å². The molecular weight excluding hydrogens is 326 g/mol. The molecule has 24 heavy (non-hydrogen) atoms. The molecule has 2 aromatic rings. The maximum atomic E-state index is 12.5. The van der Waals surface area contributed by atoms with Crippen molar-refractivity contribution in [1.82, 2.24) is 4.90 Å². The highest BCUT2D eigenvalue weighted by molar-refractivity contribution is 7.91. The van der Waals surface area contributed by atoms with E-state index in [-0.39, 0.29) is 23.5 Å². The van der Waals surface area contributed by atoms with Crippen molar-refractivity contribution in [3.63, 3.8) is 0 Å². The van der Waals surface area contributed by atoms with E-state index in [0.717, 1.165) is 5.75 Å². The lowest BCUT2D eigenvalue weighted by Gasteiger charge is -2.23. The van der Waals surface area contributed by atoms with E-state index in [0.29, 0.717) is 17.7 Å². The van der Waals surface area contributed by atoms with Crippen molar-refractivity contribution >= 4 is 15.7 Å². The van der Waals surface area contributed by atoms with Crippen molar-refractivity contribution in [3.05, 3.63) is 60.2 Å². The molecule has 0 spiro atoms. The SMILES string of the molecule is CN(C(=O)c1ccc(Oc2ccccc2)cc1)[C@@H]1CCS(=O)(=O)C1. The van der Waals surface area contributed by atoms with E-state index in [1.807, 2.05) is 30.3 Å². The predicted molar refractivity (Wildman–Crippen MR) is 92.1 cm³/mol. The average molecular weight is 345 g/mol. The van der Waals surface area contributed by atoms with Crippen LogP contribution in [-0.2, 0) is 9.84 Å². The first-order valence-corrected chi connectivity index (χ1v) is 9.57. The molecule has 5 nitrogen and oxygen atoms in total. The van der Waals surface area contributed by atoms with Crippen LogP contribution in [0, 0.1) is 0 Å². The van der Waals surface area contributed by atoms with Gasteiger partial charge >= 0.3 is 0 Å². The molecule has 6 heteroatoms. The van der Waals surface area contributed by atoms with Gasteiger partial charge in [0.1, 0.15) is 11.5 Å². The Bertz CT molecular complexity index is 816. The van der Waals surface area contributed by atoms with Crippen LogP contribution >= 0.6 is 0 Å². The fourth-order valence-electron chi connectivity index (χ4n) is 2.74. The Balaban J connectivity index is 1.67. The normalized spacial score (nSPS) is 19.0. The van der Waals surface area contributed by atoms with Crippen molar-refractivity contribution < 1.29 is 17.9 Å². The van der Waals surface area contributed by atoms with Gasteiger partial charge in [-0.2, -0.15) is 0 Å². The van der Waals surface area contributed by atoms with Crippen molar-refractivity contribution in [2.24, 2.45) is 0 Å². The van der Waals surface area contributed by atoms with Crippen LogP contribution in [0.15, 0.2) is 54.6 Å². The molecule has 0 aromatic heterocycles. The number of hydrogen-bond acceptors (Lipinski definition) is 4. The number of carbonyl (C=O) groups excluding carboxylic acids is 1. The maximum absolute atomic E-state index is 12.5. The van der Waals surface area contributed by atoms with Gasteiger partial charge in [-0.05, 0) is 42.8 Å². The zero-order chi connectivity index (χ0) is 17.2. The molecule has 2 aromatic carbocycles. The molecule has 3 rings (SSSR count). The second-order valence-corrected chi connectivity index (χ2v) is 8.14. The highest BCUT2D eigenvalue weighted by Gasteiger charge is 2.32. The summed E-state index contributed by atoms with van der Waals surface area (Å²) in [7, 11) is -1.36. The molecule has 126 valence electrons. The average Bonchev–Trinajstić information content (AvgIpc) is 2.95. The zero-order valence-corrected chi connectivity index (χ0v) is 14.2. The summed E-state index contributed by atoms with van der Waals surface area (Å²) < 4.78 is 28.8. The van der Waals surface area contributed by atoms with Gasteiger partial charge in [-0.3, -0.25) is 4.79 Å². The Morgan fingerprint density at radius 2 is 1.67 bits per heavy atom. The standard InChI is InChI=1S/C18H19NO4S/c1-19(15-11-12-24(21,22)13-15)18(20)14-7-9-17(10-8-14)23-16-5-3-2-4-6-16/h2-10,15H,11-13H2,1H3/t15-/m1/s1. The third kappa shape index (κ3) is 3.76. The molecule has 0 unspecified atom stereocenters. The third-order valence-electron chi connectivity index (χ3n) is 4.16. The summed E-state index contributed by atoms with van der Waals surface area (Å²) in [6, 6.07) is 16.0. The van der Waals surface area contributed by atoms with Crippen LogP contribution in [0.4, 0.5) is 0 Å². The highest BCUT2D eigenvalue weighted by atomic mass is 32.2. The Morgan fingerprint density at radius 1 is 1.04 bits per heavy atom. The van der Waals surface area contributed by atoms with Crippen molar-refractivity contribution in [3.8, 4) is 11.5 Å². The van der Waals surface area contributed by atoms with Crippen LogP contribution in [0.3, 0.4) is 0 Å². The van der Waals surface area contributed by atoms with Crippen molar-refractivity contribution in [1.29, 1.82) is 0 Å². The molecule has 1 fully saturated rings. The van der Waals surface area contributed by atoms with Crippen LogP contribution in [0.25, 0.3) is 0 Å². The van der Waals surface area contributed by atoms with Crippen molar-refractivity contribution in [2.45, 2.75) is 12.5 Å². The first kappa shape index (κ1) is 16.5. The molecule has 1 atom stereocenters. The minimum absolute atomic E-state index is 0.0461. The van der Waals surface area contributed by atoms with E-state index < -0.39 is 9.84 Å². The topological polar surface area (TPSA) is 63.7 Å². The predicted octanol–water partition coefficient (Wildman–Crippen LogP) is 2.74. The molecular formula is C18H19NO4S. The van der Waals surface area contributed by atoms with Gasteiger partial charge in [0.2, 0.25) is 0 Å². The Kier molecular flexibility index (Phi) is 4.57. The van der Waals surface area contributed by atoms with Gasteiger partial charge in [0.15, 0.2) is 9.84 Å². The van der Waals surface area contributed by atoms with E-state index in [1.165, 1.54) is 4.90 Å². The summed E-state index contributed by atoms with van der Waals surface area (Å²) in [5.41, 5.74) is 0.516. The summed E-state index contributed by atoms with van der Waals surface area (Å²) in [6.07, 6.45) is 0.500. The number of para-hydroxylation sites is 1. The first-order valence-electron chi connectivity index (χ1n) is 7.75. The molecule has 0 saturated carbocycles. The number of nitrogens with zero attached hydrogens (tertiary/aromatic N) is 1. The minimum Gasteiger partial charge on any atom is -0.457 e. The number of sulfone groups is 1. The van der Waals surface area contributed by atoms with Gasteiger partial charge in [-0.25, -0.2) is 8.42 Å². The number of carbonyl (C=O) groups is 1. The summed E-state index contributed by atoms with van der Waals surface area (Å²) in [5, 5.41) is 0. The van der Waals surface area contributed by atoms with Crippen LogP contribution in [0.5, 0.6) is 11.5 Å². The molecule has 1 amide bonds. The van der Waals surface area contributed by atoms with Crippen molar-refractivity contribution in [2.75, 3.05) is 18.6 Å². The summed E-state index contributed by atoms with van der Waals surface area (Å²) in [4.78, 5) is 14.0. The summed E-state index contributed by atoms with van der Waals surface area (Å²) >= 11 is 0. The van der Waals surface area contributed by atoms with E-state index in [2.05, 4.69) is 0 Å². The highest BCUT2D eigenvalue weighted by Crippen LogP contribution is 2.23. The number of benzene rings is 2. The molecule has 1 aliphatic rings. The lowest BCUT2D eigenvalue weighted by Crippen LogP contribution is -2.37. The fourth-order valence-corrected chi connectivity index (χ4v) is 4.51. The maximum Gasteiger partial charge on any atom is 0.253 e. The van der Waals surface area contributed by atoms with Gasteiger partial charge < -0.3 is 9.64 Å².